The number of nitrogens with two attached hydrogens (primary N) is 1. The molecule has 0 amide bonds. The first-order valence-electron chi connectivity index (χ1n) is 6.71. The van der Waals surface area contributed by atoms with E-state index in [1.807, 2.05) is 0 Å². The topological polar surface area (TPSA) is 52.7 Å². The van der Waals surface area contributed by atoms with Crippen molar-refractivity contribution in [1.29, 1.82) is 0 Å². The Kier molecular flexibility index (Phi) is 5.86. The molecule has 1 aliphatic rings. The lowest BCUT2D eigenvalue weighted by atomic mass is 9.80. The van der Waals surface area contributed by atoms with Crippen LogP contribution >= 0.6 is 0 Å². The predicted octanol–water partition coefficient (Wildman–Crippen LogP) is 0.502. The predicted molar refractivity (Wildman–Crippen MR) is 72.1 cm³/mol. The molecule has 4 nitrogen and oxygen atoms in total. The molecule has 0 aromatic rings. The summed E-state index contributed by atoms with van der Waals surface area (Å²) in [6.07, 6.45) is 5.45. The van der Waals surface area contributed by atoms with Gasteiger partial charge in [0.25, 0.3) is 0 Å². The van der Waals surface area contributed by atoms with Gasteiger partial charge in [0.2, 0.25) is 0 Å². The fraction of sp³-hybridized carbons (Fsp3) is 1.00. The number of hydrogen-bond acceptors (Lipinski definition) is 4. The Morgan fingerprint density at radius 2 is 2.00 bits per heavy atom. The first kappa shape index (κ1) is 14.9. The Morgan fingerprint density at radius 1 is 1.29 bits per heavy atom. The van der Waals surface area contributed by atoms with Crippen LogP contribution in [0.3, 0.4) is 0 Å². The normalized spacial score (nSPS) is 30.2. The third-order valence-corrected chi connectivity index (χ3v) is 3.91. The highest BCUT2D eigenvalue weighted by Gasteiger charge is 2.33. The molecule has 3 N–H and O–H groups in total. The van der Waals surface area contributed by atoms with Crippen molar-refractivity contribution in [2.45, 2.75) is 43.7 Å². The molecule has 0 saturated heterocycles. The van der Waals surface area contributed by atoms with Crippen LogP contribution in [0.15, 0.2) is 0 Å². The summed E-state index contributed by atoms with van der Waals surface area (Å²) < 4.78 is 0. The van der Waals surface area contributed by atoms with E-state index in [2.05, 4.69) is 30.9 Å². The number of hydrogen-bond donors (Lipinski definition) is 2. The van der Waals surface area contributed by atoms with Crippen LogP contribution in [-0.4, -0.2) is 67.3 Å². The van der Waals surface area contributed by atoms with Gasteiger partial charge in [0, 0.05) is 11.6 Å². The van der Waals surface area contributed by atoms with E-state index in [4.69, 9.17) is 5.73 Å². The zero-order valence-corrected chi connectivity index (χ0v) is 11.7. The zero-order valence-electron chi connectivity index (χ0n) is 11.7. The van der Waals surface area contributed by atoms with Crippen molar-refractivity contribution in [3.63, 3.8) is 0 Å². The molecule has 2 unspecified atom stereocenters. The molecule has 0 aromatic carbocycles. The van der Waals surface area contributed by atoms with Crippen LogP contribution in [0.5, 0.6) is 0 Å². The Bertz CT molecular complexity index is 223. The Labute approximate surface area is 106 Å². The number of nitrogens with zero attached hydrogens (tertiary/aromatic N) is 2. The second-order valence-corrected chi connectivity index (χ2v) is 5.91. The fourth-order valence-corrected chi connectivity index (χ4v) is 2.70. The van der Waals surface area contributed by atoms with E-state index in [0.717, 1.165) is 32.4 Å². The monoisotopic (exact) mass is 243 g/mol. The molecular weight excluding hydrogens is 214 g/mol. The van der Waals surface area contributed by atoms with Crippen LogP contribution in [0.4, 0.5) is 0 Å². The molecule has 0 radical (unpaired) electrons. The molecule has 102 valence electrons. The summed E-state index contributed by atoms with van der Waals surface area (Å²) in [6.45, 7) is 2.37. The van der Waals surface area contributed by atoms with Gasteiger partial charge in [-0.15, -0.1) is 0 Å². The molecule has 17 heavy (non-hydrogen) atoms. The molecule has 0 heterocycles. The van der Waals surface area contributed by atoms with Crippen molar-refractivity contribution in [2.75, 3.05) is 40.8 Å². The van der Waals surface area contributed by atoms with Crippen LogP contribution in [0.25, 0.3) is 0 Å². The van der Waals surface area contributed by atoms with E-state index in [9.17, 15) is 5.11 Å². The van der Waals surface area contributed by atoms with Crippen molar-refractivity contribution < 1.29 is 5.11 Å². The van der Waals surface area contributed by atoms with Crippen molar-refractivity contribution in [3.8, 4) is 0 Å². The van der Waals surface area contributed by atoms with Crippen LogP contribution in [0.2, 0.25) is 0 Å². The maximum atomic E-state index is 9.35. The summed E-state index contributed by atoms with van der Waals surface area (Å²) in [5.41, 5.74) is 5.84. The largest absolute Gasteiger partial charge is 0.394 e. The van der Waals surface area contributed by atoms with E-state index in [0.29, 0.717) is 6.04 Å². The fourth-order valence-electron chi connectivity index (χ4n) is 2.70. The second-order valence-electron chi connectivity index (χ2n) is 5.91. The summed E-state index contributed by atoms with van der Waals surface area (Å²) in [4.78, 5) is 4.63. The third kappa shape index (κ3) is 4.92. The lowest BCUT2D eigenvalue weighted by Gasteiger charge is -2.40. The van der Waals surface area contributed by atoms with E-state index in [1.54, 1.807) is 0 Å². The summed E-state index contributed by atoms with van der Waals surface area (Å²) >= 11 is 0. The minimum absolute atomic E-state index is 0.120. The first-order valence-corrected chi connectivity index (χ1v) is 6.71. The molecule has 4 heteroatoms. The standard InChI is InChI=1S/C13H29N3O/c1-15(2)8-5-9-16(3)12-6-4-7-13(14,10-12)11-17/h12,17H,4-11,14H2,1-3H3. The van der Waals surface area contributed by atoms with Gasteiger partial charge in [0.15, 0.2) is 0 Å². The molecule has 1 rings (SSSR count). The van der Waals surface area contributed by atoms with Gasteiger partial charge < -0.3 is 20.6 Å². The third-order valence-electron chi connectivity index (χ3n) is 3.91. The van der Waals surface area contributed by atoms with Gasteiger partial charge in [-0.2, -0.15) is 0 Å². The van der Waals surface area contributed by atoms with Crippen LogP contribution in [-0.2, 0) is 0 Å². The summed E-state index contributed by atoms with van der Waals surface area (Å²) in [6, 6.07) is 0.545. The highest BCUT2D eigenvalue weighted by molar-refractivity contribution is 4.93. The minimum Gasteiger partial charge on any atom is -0.394 e. The smallest absolute Gasteiger partial charge is 0.0611 e. The second kappa shape index (κ2) is 6.69. The van der Waals surface area contributed by atoms with E-state index in [1.165, 1.54) is 12.8 Å². The van der Waals surface area contributed by atoms with Gasteiger partial charge in [0.1, 0.15) is 0 Å². The number of rotatable bonds is 6. The van der Waals surface area contributed by atoms with E-state index < -0.39 is 0 Å². The van der Waals surface area contributed by atoms with Crippen molar-refractivity contribution >= 4 is 0 Å². The number of aliphatic hydroxyl groups is 1. The number of aliphatic hydroxyl groups excluding tert-OH is 1. The first-order chi connectivity index (χ1) is 7.97. The quantitative estimate of drug-likeness (QED) is 0.713. The van der Waals surface area contributed by atoms with Crippen LogP contribution < -0.4 is 5.73 Å². The van der Waals surface area contributed by atoms with Gasteiger partial charge in [-0.05, 0) is 66.3 Å². The summed E-state index contributed by atoms with van der Waals surface area (Å²) in [5, 5.41) is 9.35. The molecule has 0 spiro atoms. The van der Waals surface area contributed by atoms with Crippen molar-refractivity contribution in [3.05, 3.63) is 0 Å². The van der Waals surface area contributed by atoms with Gasteiger partial charge in [0.05, 0.1) is 6.61 Å². The SMILES string of the molecule is CN(C)CCCN(C)C1CCCC(N)(CO)C1. The van der Waals surface area contributed by atoms with Gasteiger partial charge in [-0.3, -0.25) is 0 Å². The van der Waals surface area contributed by atoms with Crippen molar-refractivity contribution in [2.24, 2.45) is 5.73 Å². The average molecular weight is 243 g/mol. The molecule has 1 aliphatic carbocycles. The summed E-state index contributed by atoms with van der Waals surface area (Å²) in [5.74, 6) is 0. The minimum atomic E-state index is -0.335. The van der Waals surface area contributed by atoms with Crippen LogP contribution in [0.1, 0.15) is 32.1 Å². The molecular formula is C13H29N3O. The maximum absolute atomic E-state index is 9.35. The van der Waals surface area contributed by atoms with Gasteiger partial charge in [-0.1, -0.05) is 0 Å². The lowest BCUT2D eigenvalue weighted by Crippen LogP contribution is -2.52. The molecule has 2 atom stereocenters. The maximum Gasteiger partial charge on any atom is 0.0611 e. The highest BCUT2D eigenvalue weighted by atomic mass is 16.3. The Morgan fingerprint density at radius 3 is 2.59 bits per heavy atom. The highest BCUT2D eigenvalue weighted by Crippen LogP contribution is 2.28. The van der Waals surface area contributed by atoms with E-state index >= 15 is 0 Å². The van der Waals surface area contributed by atoms with Crippen molar-refractivity contribution in [1.82, 2.24) is 9.80 Å². The average Bonchev–Trinajstić information content (AvgIpc) is 2.28. The van der Waals surface area contributed by atoms with E-state index in [-0.39, 0.29) is 12.1 Å². The Hall–Kier alpha value is -0.160. The molecule has 0 bridgehead atoms. The molecule has 1 saturated carbocycles. The van der Waals surface area contributed by atoms with Gasteiger partial charge in [-0.25, -0.2) is 0 Å². The molecule has 0 aliphatic heterocycles. The van der Waals surface area contributed by atoms with Crippen LogP contribution in [0, 0.1) is 0 Å². The lowest BCUT2D eigenvalue weighted by molar-refractivity contribution is 0.0930. The molecule has 1 fully saturated rings. The summed E-state index contributed by atoms with van der Waals surface area (Å²) in [7, 11) is 6.40. The van der Waals surface area contributed by atoms with Gasteiger partial charge >= 0.3 is 0 Å². The Balaban J connectivity index is 2.33. The molecule has 0 aromatic heterocycles. The zero-order chi connectivity index (χ0) is 12.9.